The van der Waals surface area contributed by atoms with Crippen LogP contribution in [-0.2, 0) is 30.4 Å². The van der Waals surface area contributed by atoms with Crippen molar-refractivity contribution in [1.82, 2.24) is 16.0 Å². The summed E-state index contributed by atoms with van der Waals surface area (Å²) >= 11 is 0. The average Bonchev–Trinajstić information content (AvgIpc) is 2.91. The molecule has 0 radical (unpaired) electrons. The zero-order chi connectivity index (χ0) is 31.7. The highest BCUT2D eigenvalue weighted by Crippen LogP contribution is 2.07. The molecule has 0 aliphatic rings. The number of nitrogens with two attached hydrogens (primary N) is 6. The second-order valence-corrected chi connectivity index (χ2v) is 9.39. The highest BCUT2D eigenvalue weighted by molar-refractivity contribution is 5.95. The van der Waals surface area contributed by atoms with Gasteiger partial charge in [0.2, 0.25) is 23.6 Å². The molecule has 4 amide bonds. The van der Waals surface area contributed by atoms with E-state index < -0.39 is 60.2 Å². The molecular formula is C25H41N11O6. The van der Waals surface area contributed by atoms with Crippen LogP contribution in [0.1, 0.15) is 37.7 Å². The fourth-order valence-corrected chi connectivity index (χ4v) is 3.73. The number of nitrogens with zero attached hydrogens (tertiary/aromatic N) is 2. The van der Waals surface area contributed by atoms with Gasteiger partial charge >= 0.3 is 5.97 Å². The van der Waals surface area contributed by atoms with E-state index in [2.05, 4.69) is 25.9 Å². The number of primary amides is 1. The highest BCUT2D eigenvalue weighted by Gasteiger charge is 2.30. The van der Waals surface area contributed by atoms with Crippen LogP contribution in [0.2, 0.25) is 0 Å². The van der Waals surface area contributed by atoms with Crippen LogP contribution in [0.25, 0.3) is 0 Å². The molecule has 4 atom stereocenters. The lowest BCUT2D eigenvalue weighted by Gasteiger charge is -2.25. The van der Waals surface area contributed by atoms with E-state index in [1.807, 2.05) is 0 Å². The minimum Gasteiger partial charge on any atom is -0.480 e. The van der Waals surface area contributed by atoms with Crippen LogP contribution in [-0.4, -0.2) is 83.9 Å². The molecule has 1 rings (SSSR count). The van der Waals surface area contributed by atoms with Gasteiger partial charge in [0.25, 0.3) is 0 Å². The van der Waals surface area contributed by atoms with Crippen molar-refractivity contribution in [3.8, 4) is 0 Å². The number of amides is 4. The number of carbonyl (C=O) groups excluding carboxylic acids is 4. The number of carbonyl (C=O) groups is 5. The summed E-state index contributed by atoms with van der Waals surface area (Å²) in [6.07, 6.45) is 0.103. The van der Waals surface area contributed by atoms with Gasteiger partial charge in [-0.15, -0.1) is 0 Å². The van der Waals surface area contributed by atoms with Gasteiger partial charge in [-0.05, 0) is 31.2 Å². The van der Waals surface area contributed by atoms with Crippen LogP contribution in [0, 0.1) is 0 Å². The van der Waals surface area contributed by atoms with Crippen molar-refractivity contribution in [3.63, 3.8) is 0 Å². The first-order valence-electron chi connectivity index (χ1n) is 13.1. The molecule has 4 unspecified atom stereocenters. The number of aliphatic imine (C=N–C) groups is 2. The zero-order valence-corrected chi connectivity index (χ0v) is 23.2. The van der Waals surface area contributed by atoms with Gasteiger partial charge in [-0.3, -0.25) is 29.2 Å². The van der Waals surface area contributed by atoms with Crippen molar-refractivity contribution >= 4 is 41.5 Å². The van der Waals surface area contributed by atoms with Crippen LogP contribution in [0.15, 0.2) is 40.3 Å². The Labute approximate surface area is 242 Å². The Morgan fingerprint density at radius 3 is 1.60 bits per heavy atom. The number of hydrogen-bond donors (Lipinski definition) is 10. The Kier molecular flexibility index (Phi) is 15.4. The van der Waals surface area contributed by atoms with Gasteiger partial charge in [0.1, 0.15) is 18.1 Å². The molecule has 1 aromatic rings. The van der Waals surface area contributed by atoms with Crippen LogP contribution in [0.4, 0.5) is 0 Å². The van der Waals surface area contributed by atoms with E-state index >= 15 is 0 Å². The van der Waals surface area contributed by atoms with Gasteiger partial charge < -0.3 is 55.5 Å². The van der Waals surface area contributed by atoms with Crippen molar-refractivity contribution in [3.05, 3.63) is 35.9 Å². The maximum atomic E-state index is 13.3. The summed E-state index contributed by atoms with van der Waals surface area (Å²) in [7, 11) is 0. The smallest absolute Gasteiger partial charge is 0.326 e. The van der Waals surface area contributed by atoms with Gasteiger partial charge in [0.05, 0.1) is 12.5 Å². The first-order valence-corrected chi connectivity index (χ1v) is 13.1. The predicted octanol–water partition coefficient (Wildman–Crippen LogP) is -3.92. The molecule has 0 aliphatic carbocycles. The molecule has 0 saturated carbocycles. The topological polar surface area (TPSA) is 323 Å². The third kappa shape index (κ3) is 14.5. The molecule has 232 valence electrons. The van der Waals surface area contributed by atoms with Crippen LogP contribution >= 0.6 is 0 Å². The van der Waals surface area contributed by atoms with Crippen molar-refractivity contribution in [2.75, 3.05) is 13.1 Å². The van der Waals surface area contributed by atoms with Crippen molar-refractivity contribution < 1.29 is 29.1 Å². The average molecular weight is 592 g/mol. The summed E-state index contributed by atoms with van der Waals surface area (Å²) in [6, 6.07) is 3.64. The quantitative estimate of drug-likeness (QED) is 0.0420. The third-order valence-electron chi connectivity index (χ3n) is 5.81. The monoisotopic (exact) mass is 591 g/mol. The van der Waals surface area contributed by atoms with Crippen LogP contribution in [0.3, 0.4) is 0 Å². The molecule has 42 heavy (non-hydrogen) atoms. The van der Waals surface area contributed by atoms with Crippen molar-refractivity contribution in [1.29, 1.82) is 0 Å². The normalized spacial score (nSPS) is 13.4. The third-order valence-corrected chi connectivity index (χ3v) is 5.81. The van der Waals surface area contributed by atoms with Crippen molar-refractivity contribution in [2.45, 2.75) is 62.7 Å². The summed E-state index contributed by atoms with van der Waals surface area (Å²) in [5, 5.41) is 17.2. The maximum absolute atomic E-state index is 13.3. The lowest BCUT2D eigenvalue weighted by atomic mass is 10.0. The molecule has 16 N–H and O–H groups in total. The molecule has 17 heteroatoms. The number of carboxylic acids is 1. The number of hydrogen-bond acceptors (Lipinski definition) is 8. The Bertz CT molecular complexity index is 1120. The lowest BCUT2D eigenvalue weighted by molar-refractivity contribution is -0.142. The lowest BCUT2D eigenvalue weighted by Crippen LogP contribution is -2.57. The minimum atomic E-state index is -1.32. The van der Waals surface area contributed by atoms with E-state index in [1.165, 1.54) is 0 Å². The number of nitrogens with one attached hydrogen (secondary N) is 3. The minimum absolute atomic E-state index is 0.00218. The Morgan fingerprint density at radius 1 is 0.714 bits per heavy atom. The van der Waals surface area contributed by atoms with E-state index in [9.17, 15) is 29.1 Å². The van der Waals surface area contributed by atoms with E-state index in [-0.39, 0.29) is 57.1 Å². The summed E-state index contributed by atoms with van der Waals surface area (Å²) in [6.45, 7) is 0.270. The van der Waals surface area contributed by atoms with Gasteiger partial charge in [-0.1, -0.05) is 30.3 Å². The molecule has 0 fully saturated rings. The number of benzene rings is 1. The van der Waals surface area contributed by atoms with E-state index in [0.717, 1.165) is 0 Å². The zero-order valence-electron chi connectivity index (χ0n) is 23.2. The predicted molar refractivity (Wildman–Crippen MR) is 155 cm³/mol. The van der Waals surface area contributed by atoms with E-state index in [0.29, 0.717) is 5.56 Å². The second-order valence-electron chi connectivity index (χ2n) is 9.39. The van der Waals surface area contributed by atoms with Gasteiger partial charge in [0, 0.05) is 19.5 Å². The fraction of sp³-hybridized carbons (Fsp3) is 0.480. The first-order chi connectivity index (χ1) is 19.8. The molecule has 0 bridgehead atoms. The van der Waals surface area contributed by atoms with Gasteiger partial charge in [-0.25, -0.2) is 4.79 Å². The van der Waals surface area contributed by atoms with Crippen molar-refractivity contribution in [2.24, 2.45) is 44.4 Å². The molecule has 0 aromatic heterocycles. The molecule has 0 saturated heterocycles. The summed E-state index contributed by atoms with van der Waals surface area (Å²) in [5.74, 6) is -4.77. The standard InChI is InChI=1S/C25H41N11O6/c26-15(13-19(27)37)20(38)34-16(8-4-10-32-24(28)29)21(39)35-17(9-5-11-33-25(30)31)22(40)36-18(23(41)42)12-14-6-2-1-3-7-14/h1-3,6-7,15-18H,4-5,8-13,26H2,(H2,27,37)(H,34,38)(H,35,39)(H,36,40)(H,41,42)(H4,28,29,32)(H4,30,31,33). The van der Waals surface area contributed by atoms with E-state index in [1.54, 1.807) is 30.3 Å². The number of carboxylic acid groups (broad SMARTS) is 1. The Hall–Kier alpha value is -4.93. The molecule has 0 heterocycles. The Balaban J connectivity index is 3.13. The first kappa shape index (κ1) is 35.1. The van der Waals surface area contributed by atoms with Gasteiger partial charge in [0.15, 0.2) is 11.9 Å². The summed E-state index contributed by atoms with van der Waals surface area (Å²) in [5.41, 5.74) is 32.8. The fourth-order valence-electron chi connectivity index (χ4n) is 3.73. The number of aliphatic carboxylic acids is 1. The molecule has 17 nitrogen and oxygen atoms in total. The summed E-state index contributed by atoms with van der Waals surface area (Å²) in [4.78, 5) is 69.9. The second kappa shape index (κ2) is 18.4. The number of guanidine groups is 2. The largest absolute Gasteiger partial charge is 0.480 e. The summed E-state index contributed by atoms with van der Waals surface area (Å²) < 4.78 is 0. The van der Waals surface area contributed by atoms with Crippen LogP contribution < -0.4 is 50.4 Å². The molecule has 0 spiro atoms. The van der Waals surface area contributed by atoms with E-state index in [4.69, 9.17) is 34.4 Å². The SMILES string of the molecule is NC(=O)CC(N)C(=O)NC(CCCN=C(N)N)C(=O)NC(CCCN=C(N)N)C(=O)NC(Cc1ccccc1)C(=O)O. The van der Waals surface area contributed by atoms with Crippen LogP contribution in [0.5, 0.6) is 0 Å². The highest BCUT2D eigenvalue weighted by atomic mass is 16.4. The number of rotatable bonds is 19. The van der Waals surface area contributed by atoms with Gasteiger partial charge in [-0.2, -0.15) is 0 Å². The molecular weight excluding hydrogens is 550 g/mol. The Morgan fingerprint density at radius 2 is 1.17 bits per heavy atom. The maximum Gasteiger partial charge on any atom is 0.326 e. The molecule has 0 aliphatic heterocycles. The molecule has 1 aromatic carbocycles.